The number of carbonyl (C=O) groups excluding carboxylic acids is 3. The summed E-state index contributed by atoms with van der Waals surface area (Å²) in [6.45, 7) is 1.23. The molecule has 1 aromatic rings. The lowest BCUT2D eigenvalue weighted by Gasteiger charge is -2.12. The lowest BCUT2D eigenvalue weighted by Crippen LogP contribution is -2.39. The number of hydrogen-bond acceptors (Lipinski definition) is 5. The van der Waals surface area contributed by atoms with Crippen LogP contribution in [0, 0.1) is 0 Å². The minimum atomic E-state index is -0.746. The molecule has 1 heterocycles. The molecule has 0 unspecified atom stereocenters. The molecule has 0 aliphatic carbocycles. The lowest BCUT2D eigenvalue weighted by molar-refractivity contribution is -0.145. The number of hydrogen-bond donors (Lipinski definition) is 1. The third kappa shape index (κ3) is 3.91. The molecule has 116 valence electrons. The van der Waals surface area contributed by atoms with Gasteiger partial charge in [-0.15, -0.1) is 0 Å². The molecule has 0 saturated carbocycles. The zero-order valence-electron chi connectivity index (χ0n) is 12.2. The predicted molar refractivity (Wildman–Crippen MR) is 79.3 cm³/mol. The van der Waals surface area contributed by atoms with Crippen LogP contribution < -0.4 is 5.43 Å². The molecule has 0 aromatic heterocycles. The summed E-state index contributed by atoms with van der Waals surface area (Å²) in [5, 5.41) is 3.74. The third-order valence-corrected chi connectivity index (χ3v) is 3.30. The van der Waals surface area contributed by atoms with E-state index in [0.717, 1.165) is 12.8 Å². The molecule has 1 saturated heterocycles. The van der Waals surface area contributed by atoms with E-state index in [1.165, 1.54) is 18.2 Å². The van der Waals surface area contributed by atoms with Gasteiger partial charge in [-0.05, 0) is 30.5 Å². The molecule has 1 aliphatic heterocycles. The average molecular weight is 303 g/mol. The highest BCUT2D eigenvalue weighted by Gasteiger charge is 2.23. The van der Waals surface area contributed by atoms with Crippen LogP contribution in [0.4, 0.5) is 0 Å². The summed E-state index contributed by atoms with van der Waals surface area (Å²) in [6, 6.07) is 6.49. The first-order valence-electron chi connectivity index (χ1n) is 6.92. The highest BCUT2D eigenvalue weighted by molar-refractivity contribution is 6.35. The predicted octanol–water partition coefficient (Wildman–Crippen LogP) is 0.546. The quantitative estimate of drug-likeness (QED) is 0.382. The molecule has 2 rings (SSSR count). The second-order valence-corrected chi connectivity index (χ2v) is 4.81. The minimum absolute atomic E-state index is 0.423. The number of amides is 2. The van der Waals surface area contributed by atoms with E-state index in [4.69, 9.17) is 0 Å². The SMILES string of the molecule is COC(=O)c1ccc(/C=N/NC(=O)C(=O)N2CCCC2)cc1. The summed E-state index contributed by atoms with van der Waals surface area (Å²) >= 11 is 0. The summed E-state index contributed by atoms with van der Waals surface area (Å²) in [7, 11) is 1.31. The highest BCUT2D eigenvalue weighted by atomic mass is 16.5. The summed E-state index contributed by atoms with van der Waals surface area (Å²) in [5.41, 5.74) is 3.31. The first-order chi connectivity index (χ1) is 10.6. The second-order valence-electron chi connectivity index (χ2n) is 4.81. The van der Waals surface area contributed by atoms with Crippen molar-refractivity contribution in [3.8, 4) is 0 Å². The molecule has 1 fully saturated rings. The van der Waals surface area contributed by atoms with E-state index in [0.29, 0.717) is 24.2 Å². The second kappa shape index (κ2) is 7.35. The van der Waals surface area contributed by atoms with Gasteiger partial charge < -0.3 is 9.64 Å². The summed E-state index contributed by atoms with van der Waals surface area (Å²) in [6.07, 6.45) is 3.25. The normalized spacial score (nSPS) is 14.1. The smallest absolute Gasteiger partial charge is 0.337 e. The van der Waals surface area contributed by atoms with Crippen LogP contribution in [-0.4, -0.2) is 49.1 Å². The Morgan fingerprint density at radius 3 is 2.41 bits per heavy atom. The number of carbonyl (C=O) groups is 3. The number of benzene rings is 1. The Morgan fingerprint density at radius 1 is 1.18 bits per heavy atom. The largest absolute Gasteiger partial charge is 0.465 e. The van der Waals surface area contributed by atoms with E-state index in [-0.39, 0.29) is 0 Å². The van der Waals surface area contributed by atoms with Gasteiger partial charge in [0.25, 0.3) is 0 Å². The number of rotatable bonds is 3. The number of likely N-dealkylation sites (tertiary alicyclic amines) is 1. The maximum atomic E-state index is 11.7. The number of methoxy groups -OCH3 is 1. The van der Waals surface area contributed by atoms with Crippen LogP contribution in [0.5, 0.6) is 0 Å². The van der Waals surface area contributed by atoms with Gasteiger partial charge in [0.1, 0.15) is 0 Å². The van der Waals surface area contributed by atoms with Crippen molar-refractivity contribution in [3.05, 3.63) is 35.4 Å². The van der Waals surface area contributed by atoms with Gasteiger partial charge in [-0.3, -0.25) is 9.59 Å². The van der Waals surface area contributed by atoms with Crippen molar-refractivity contribution < 1.29 is 19.1 Å². The molecular formula is C15H17N3O4. The van der Waals surface area contributed by atoms with Gasteiger partial charge in [0.2, 0.25) is 0 Å². The Hall–Kier alpha value is -2.70. The molecular weight excluding hydrogens is 286 g/mol. The molecule has 2 amide bonds. The van der Waals surface area contributed by atoms with Crippen molar-refractivity contribution in [1.29, 1.82) is 0 Å². The Balaban J connectivity index is 1.87. The van der Waals surface area contributed by atoms with Crippen molar-refractivity contribution in [2.45, 2.75) is 12.8 Å². The summed E-state index contributed by atoms with van der Waals surface area (Å²) in [5.74, 6) is -1.73. The van der Waals surface area contributed by atoms with Crippen LogP contribution in [0.15, 0.2) is 29.4 Å². The van der Waals surface area contributed by atoms with E-state index in [9.17, 15) is 14.4 Å². The average Bonchev–Trinajstić information content (AvgIpc) is 3.08. The maximum absolute atomic E-state index is 11.7. The highest BCUT2D eigenvalue weighted by Crippen LogP contribution is 2.07. The number of hydrazone groups is 1. The van der Waals surface area contributed by atoms with Gasteiger partial charge in [-0.1, -0.05) is 12.1 Å². The van der Waals surface area contributed by atoms with Crippen LogP contribution in [-0.2, 0) is 14.3 Å². The zero-order valence-corrected chi connectivity index (χ0v) is 12.2. The third-order valence-electron chi connectivity index (χ3n) is 3.30. The molecule has 7 nitrogen and oxygen atoms in total. The van der Waals surface area contributed by atoms with Crippen LogP contribution >= 0.6 is 0 Å². The monoisotopic (exact) mass is 303 g/mol. The van der Waals surface area contributed by atoms with Gasteiger partial charge in [0.15, 0.2) is 0 Å². The van der Waals surface area contributed by atoms with Crippen molar-refractivity contribution in [1.82, 2.24) is 10.3 Å². The first kappa shape index (κ1) is 15.7. The number of nitrogens with zero attached hydrogens (tertiary/aromatic N) is 2. The van der Waals surface area contributed by atoms with Crippen molar-refractivity contribution in [3.63, 3.8) is 0 Å². The Labute approximate surface area is 127 Å². The number of ether oxygens (including phenoxy) is 1. The van der Waals surface area contributed by atoms with Crippen LogP contribution in [0.25, 0.3) is 0 Å². The minimum Gasteiger partial charge on any atom is -0.465 e. The molecule has 7 heteroatoms. The Kier molecular flexibility index (Phi) is 5.24. The fourth-order valence-corrected chi connectivity index (χ4v) is 2.10. The summed E-state index contributed by atoms with van der Waals surface area (Å²) in [4.78, 5) is 36.1. The van der Waals surface area contributed by atoms with Gasteiger partial charge in [0.05, 0.1) is 18.9 Å². The van der Waals surface area contributed by atoms with Crippen molar-refractivity contribution >= 4 is 24.0 Å². The molecule has 0 radical (unpaired) electrons. The molecule has 1 aliphatic rings. The topological polar surface area (TPSA) is 88.1 Å². The van der Waals surface area contributed by atoms with Gasteiger partial charge in [-0.25, -0.2) is 10.2 Å². The van der Waals surface area contributed by atoms with Crippen LogP contribution in [0.3, 0.4) is 0 Å². The lowest BCUT2D eigenvalue weighted by atomic mass is 10.1. The molecule has 0 bridgehead atoms. The standard InChI is InChI=1S/C15H17N3O4/c1-22-15(21)12-6-4-11(5-7-12)10-16-17-13(19)14(20)18-8-2-3-9-18/h4-7,10H,2-3,8-9H2,1H3,(H,17,19)/b16-10+. The van der Waals surface area contributed by atoms with Crippen molar-refractivity contribution in [2.75, 3.05) is 20.2 Å². The summed E-state index contributed by atoms with van der Waals surface area (Å²) < 4.78 is 4.59. The van der Waals surface area contributed by atoms with Gasteiger partial charge in [0, 0.05) is 13.1 Å². The van der Waals surface area contributed by atoms with Crippen molar-refractivity contribution in [2.24, 2.45) is 5.10 Å². The maximum Gasteiger partial charge on any atom is 0.337 e. The van der Waals surface area contributed by atoms with E-state index < -0.39 is 17.8 Å². The number of esters is 1. The van der Waals surface area contributed by atoms with E-state index in [1.54, 1.807) is 24.3 Å². The molecule has 0 spiro atoms. The van der Waals surface area contributed by atoms with Crippen LogP contribution in [0.2, 0.25) is 0 Å². The number of nitrogens with one attached hydrogen (secondary N) is 1. The van der Waals surface area contributed by atoms with E-state index in [1.807, 2.05) is 0 Å². The van der Waals surface area contributed by atoms with E-state index in [2.05, 4.69) is 15.3 Å². The van der Waals surface area contributed by atoms with E-state index >= 15 is 0 Å². The first-order valence-corrected chi connectivity index (χ1v) is 6.92. The molecule has 0 atom stereocenters. The molecule has 1 aromatic carbocycles. The fraction of sp³-hybridized carbons (Fsp3) is 0.333. The zero-order chi connectivity index (χ0) is 15.9. The Bertz CT molecular complexity index is 589. The Morgan fingerprint density at radius 2 is 1.82 bits per heavy atom. The van der Waals surface area contributed by atoms with Crippen LogP contribution in [0.1, 0.15) is 28.8 Å². The van der Waals surface area contributed by atoms with Gasteiger partial charge in [-0.2, -0.15) is 5.10 Å². The molecule has 1 N–H and O–H groups in total. The molecule has 22 heavy (non-hydrogen) atoms. The van der Waals surface area contributed by atoms with Gasteiger partial charge >= 0.3 is 17.8 Å². The fourth-order valence-electron chi connectivity index (χ4n) is 2.10.